The second-order valence-corrected chi connectivity index (χ2v) is 43.5. The van der Waals surface area contributed by atoms with Crippen LogP contribution < -0.4 is 13.3 Å². The average Bonchev–Trinajstić information content (AvgIpc) is 0.786. The van der Waals surface area contributed by atoms with Crippen molar-refractivity contribution in [3.05, 3.63) is 244 Å². The molecule has 7 aromatic rings. The fraction of sp³-hybridized carbons (Fsp3) is 0.341. The summed E-state index contributed by atoms with van der Waals surface area (Å²) in [7, 11) is 1.37. The maximum atomic E-state index is 12.2. The molecular weight excluding hydrogens is 1780 g/mol. The summed E-state index contributed by atoms with van der Waals surface area (Å²) in [5.74, 6) is 0.420. The number of carbonyl (C=O) groups excluding carboxylic acids is 6. The number of Topliss-reactive ketones (excluding diaryl/α,β-unsaturated/α-hetero) is 5. The van der Waals surface area contributed by atoms with Crippen molar-refractivity contribution < 1.29 is 67.2 Å². The van der Waals surface area contributed by atoms with Gasteiger partial charge >= 0.3 is 56.5 Å². The molecule has 2 saturated carbocycles. The van der Waals surface area contributed by atoms with E-state index in [2.05, 4.69) is 37.2 Å². The number of phenols is 4. The van der Waals surface area contributed by atoms with E-state index in [1.165, 1.54) is 7.11 Å². The Balaban J connectivity index is 0.000000639. The van der Waals surface area contributed by atoms with Gasteiger partial charge in [-0.15, -0.1) is 35.6 Å². The number of ether oxygens (including phenoxy) is 1. The number of allylic oxidation sites excluding steroid dienone is 3. The van der Waals surface area contributed by atoms with Crippen molar-refractivity contribution in [3.8, 4) is 23.0 Å². The number of alkyl halides is 1. The van der Waals surface area contributed by atoms with Crippen LogP contribution in [0.15, 0.2) is 194 Å². The summed E-state index contributed by atoms with van der Waals surface area (Å²) < 4.78 is 4.71. The molecule has 0 saturated heterocycles. The molecule has 1 unspecified atom stereocenters. The van der Waals surface area contributed by atoms with Crippen molar-refractivity contribution in [2.24, 2.45) is 41.4 Å². The average molecular weight is 1880 g/mol. The number of aromatic hydroxyl groups is 4. The number of benzene rings is 7. The van der Waals surface area contributed by atoms with Crippen molar-refractivity contribution in [1.29, 1.82) is 0 Å². The standard InChI is InChI=1S/C18H24O3.C17H19ClO2.C17H20O2.2C17H18O2.2CH4.I3.HI/c1-14(2)11-17(19)12-16(13-18(20)21-3)10-9-15-7-5-4-6-8-15;1-12(2)17(18)15(19)10-14(11-16(17)20)9-8-13-6-4-3-5-7-13;3*1-12(2)17-15(18)10-14(11-16(17)19)9-8-13-6-4-3-5-7-13;;;1-3-2;/h4-10,14,16H,11-13H2,1-3H3;3-9,12,14H,10-11H2,1-2H3;3-9,12,14,17H,10-11H2,1-2H3;2*3-12,18-19H,1-2H3;2*1H4;;1H/q;;;;;;;-1;/b10-9+;4*9-8+;;;;. The van der Waals surface area contributed by atoms with Gasteiger partial charge in [-0.3, -0.25) is 28.8 Å². The molecule has 2 aliphatic carbocycles. The second kappa shape index (κ2) is 50.9. The van der Waals surface area contributed by atoms with Gasteiger partial charge in [0.25, 0.3) is 0 Å². The SMILES string of the molecule is C.C.CC(C)C1(Cl)C(=O)CC(/C=C/c2ccccc2)CC1=O.CC(C)C1C(=O)CC(/C=C/c2ccccc2)CC1=O.CC(C)c1c(O)cc(/C=C/c2ccccc2)cc1O.CC(C)c1c(O)cc(/C=C/c2ccccc2)cc1O.COC(=O)CC(/C=C/c1ccccc1)CC(=O)CC(C)C.I.I[I-]I. The minimum atomic E-state index is -1.31. The molecule has 0 heterocycles. The Morgan fingerprint density at radius 2 is 0.779 bits per heavy atom. The Labute approximate surface area is 672 Å². The van der Waals surface area contributed by atoms with E-state index < -0.39 is 4.87 Å². The van der Waals surface area contributed by atoms with Crippen LogP contribution in [0.4, 0.5) is 0 Å². The van der Waals surface area contributed by atoms with Crippen LogP contribution >= 0.6 is 72.8 Å². The van der Waals surface area contributed by atoms with Gasteiger partial charge in [0.05, 0.1) is 19.4 Å². The Kier molecular flexibility index (Phi) is 46.7. The van der Waals surface area contributed by atoms with Crippen molar-refractivity contribution in [1.82, 2.24) is 0 Å². The van der Waals surface area contributed by atoms with Gasteiger partial charge in [-0.1, -0.05) is 297 Å². The third kappa shape index (κ3) is 33.9. The summed E-state index contributed by atoms with van der Waals surface area (Å²) in [6, 6.07) is 56.1. The van der Waals surface area contributed by atoms with Gasteiger partial charge in [0.15, 0.2) is 16.4 Å². The molecule has 16 heteroatoms. The Hall–Kier alpha value is -6.53. The van der Waals surface area contributed by atoms with Crippen molar-refractivity contribution in [2.75, 3.05) is 7.11 Å². The number of phenolic OH excluding ortho intramolecular Hbond substituents is 4. The van der Waals surface area contributed by atoms with Crippen molar-refractivity contribution in [3.63, 3.8) is 0 Å². The predicted molar refractivity (Wildman–Crippen MR) is 458 cm³/mol. The van der Waals surface area contributed by atoms with E-state index in [0.29, 0.717) is 68.8 Å². The van der Waals surface area contributed by atoms with Crippen LogP contribution in [0.1, 0.15) is 191 Å². The topological polar surface area (TPSA) is 193 Å². The first kappa shape index (κ1) is 95.5. The molecule has 0 radical (unpaired) electrons. The van der Waals surface area contributed by atoms with Crippen LogP contribution in [-0.4, -0.2) is 67.3 Å². The van der Waals surface area contributed by atoms with Crippen molar-refractivity contribution >= 4 is 150 Å². The van der Waals surface area contributed by atoms with E-state index in [4.69, 9.17) is 16.3 Å². The fourth-order valence-electron chi connectivity index (χ4n) is 11.6. The van der Waals surface area contributed by atoms with E-state index in [1.54, 1.807) is 24.3 Å². The Morgan fingerprint density at radius 1 is 0.481 bits per heavy atom. The van der Waals surface area contributed by atoms with Crippen LogP contribution in [0.3, 0.4) is 0 Å². The molecule has 0 spiro atoms. The molecule has 104 heavy (non-hydrogen) atoms. The molecule has 9 rings (SSSR count). The van der Waals surface area contributed by atoms with Crippen LogP contribution in [0, 0.1) is 41.4 Å². The fourth-order valence-corrected chi connectivity index (χ4v) is 11.8. The van der Waals surface area contributed by atoms with Gasteiger partial charge in [-0.2, -0.15) is 0 Å². The quantitative estimate of drug-likeness (QED) is 0.0187. The van der Waals surface area contributed by atoms with Crippen LogP contribution in [-0.2, 0) is 33.5 Å². The number of rotatable bonds is 20. The van der Waals surface area contributed by atoms with Gasteiger partial charge in [0, 0.05) is 49.7 Å². The second-order valence-electron chi connectivity index (χ2n) is 26.7. The molecule has 4 N–H and O–H groups in total. The molecule has 0 amide bonds. The molecule has 1 atom stereocenters. The summed E-state index contributed by atoms with van der Waals surface area (Å²) in [6.45, 7) is 19.3. The zero-order valence-corrected chi connectivity index (χ0v) is 69.8. The van der Waals surface area contributed by atoms with E-state index >= 15 is 0 Å². The molecular formula is C88H108ClI4O11-. The van der Waals surface area contributed by atoms with Gasteiger partial charge in [0.1, 0.15) is 40.3 Å². The Morgan fingerprint density at radius 3 is 1.07 bits per heavy atom. The number of ketones is 5. The van der Waals surface area contributed by atoms with Crippen molar-refractivity contribution in [2.45, 2.75) is 146 Å². The van der Waals surface area contributed by atoms with E-state index in [1.807, 2.05) is 282 Å². The summed E-state index contributed by atoms with van der Waals surface area (Å²) in [5.41, 5.74) is 8.14. The number of hydrogen-bond donors (Lipinski definition) is 4. The number of methoxy groups -OCH3 is 1. The zero-order valence-electron chi connectivity index (χ0n) is 60.2. The van der Waals surface area contributed by atoms with Gasteiger partial charge in [-0.05, 0) is 111 Å². The van der Waals surface area contributed by atoms with E-state index in [0.717, 1.165) is 38.9 Å². The Bertz CT molecular complexity index is 3680. The molecule has 0 bridgehead atoms. The van der Waals surface area contributed by atoms with Crippen LogP contribution in [0.25, 0.3) is 42.5 Å². The molecule has 0 aromatic heterocycles. The van der Waals surface area contributed by atoms with Crippen LogP contribution in [0.5, 0.6) is 23.0 Å². The van der Waals surface area contributed by atoms with Gasteiger partial charge in [-0.25, -0.2) is 0 Å². The monoisotopic (exact) mass is 1880 g/mol. The first-order chi connectivity index (χ1) is 48.1. The maximum absolute atomic E-state index is 12.2. The number of esters is 1. The first-order valence-electron chi connectivity index (χ1n) is 34.1. The third-order valence-corrected chi connectivity index (χ3v) is 17.5. The molecule has 0 aliphatic heterocycles. The third-order valence-electron chi connectivity index (χ3n) is 16.7. The van der Waals surface area contributed by atoms with E-state index in [-0.39, 0.29) is 150 Å². The molecule has 2 fully saturated rings. The molecule has 11 nitrogen and oxygen atoms in total. The van der Waals surface area contributed by atoms with Gasteiger partial charge in [0.2, 0.25) is 0 Å². The van der Waals surface area contributed by atoms with Gasteiger partial charge < -0.3 is 25.2 Å². The summed E-state index contributed by atoms with van der Waals surface area (Å²) >= 11 is 11.6. The number of carbonyl (C=O) groups is 6. The minimum absolute atomic E-state index is 0. The van der Waals surface area contributed by atoms with Crippen LogP contribution in [0.2, 0.25) is 0 Å². The number of halogens is 5. The summed E-state index contributed by atoms with van der Waals surface area (Å²) in [4.78, 5) is 70.6. The zero-order chi connectivity index (χ0) is 74.6. The first-order valence-corrected chi connectivity index (χ1v) is 47.1. The summed E-state index contributed by atoms with van der Waals surface area (Å²) in [6.07, 6.45) is 22.3. The molecule has 562 valence electrons. The molecule has 2 aliphatic rings. The van der Waals surface area contributed by atoms with E-state index in [9.17, 15) is 49.2 Å². The predicted octanol–water partition coefficient (Wildman–Crippen LogP) is 20.7. The normalized spacial score (nSPS) is 16.6. The summed E-state index contributed by atoms with van der Waals surface area (Å²) in [5, 5.41) is 39.8. The number of hydrogen-bond acceptors (Lipinski definition) is 11. The molecule has 7 aromatic carbocycles.